The zero-order valence-electron chi connectivity index (χ0n) is 12.0. The summed E-state index contributed by atoms with van der Waals surface area (Å²) in [5.74, 6) is 0.203. The second kappa shape index (κ2) is 8.91. The van der Waals surface area contributed by atoms with Gasteiger partial charge in [0, 0.05) is 26.1 Å². The molecular formula is C14H27N3O2. The molecule has 3 N–H and O–H groups in total. The Morgan fingerprint density at radius 1 is 1.37 bits per heavy atom. The van der Waals surface area contributed by atoms with Crippen molar-refractivity contribution in [3.8, 4) is 0 Å². The molecule has 19 heavy (non-hydrogen) atoms. The first-order valence-electron chi connectivity index (χ1n) is 7.44. The normalized spacial score (nSPS) is 19.3. The fourth-order valence-electron chi connectivity index (χ4n) is 2.36. The lowest BCUT2D eigenvalue weighted by Gasteiger charge is -2.32. The Morgan fingerprint density at radius 3 is 2.84 bits per heavy atom. The van der Waals surface area contributed by atoms with Gasteiger partial charge < -0.3 is 16.0 Å². The standard InChI is InChI=1S/C14H27N3O2/c1-2-3-9-16-14(19)12-6-5-10-17(11-12)13(18)7-4-8-15/h12H,2-11,15H2,1H3,(H,16,19). The molecule has 0 radical (unpaired) electrons. The predicted molar refractivity (Wildman–Crippen MR) is 75.5 cm³/mol. The van der Waals surface area contributed by atoms with Crippen LogP contribution in [0.1, 0.15) is 45.4 Å². The minimum atomic E-state index is -0.0348. The Labute approximate surface area is 115 Å². The summed E-state index contributed by atoms with van der Waals surface area (Å²) in [6.07, 6.45) is 5.12. The number of likely N-dealkylation sites (tertiary alicyclic amines) is 1. The average molecular weight is 269 g/mol. The van der Waals surface area contributed by atoms with Crippen molar-refractivity contribution >= 4 is 11.8 Å². The number of amides is 2. The molecule has 0 saturated carbocycles. The number of nitrogens with zero attached hydrogens (tertiary/aromatic N) is 1. The molecule has 2 amide bonds. The molecule has 5 heteroatoms. The number of carbonyl (C=O) groups is 2. The second-order valence-corrected chi connectivity index (χ2v) is 5.22. The van der Waals surface area contributed by atoms with Crippen LogP contribution in [-0.4, -0.2) is 42.9 Å². The van der Waals surface area contributed by atoms with Crippen molar-refractivity contribution in [2.75, 3.05) is 26.2 Å². The Hall–Kier alpha value is -1.10. The van der Waals surface area contributed by atoms with Crippen LogP contribution in [0, 0.1) is 5.92 Å². The highest BCUT2D eigenvalue weighted by Gasteiger charge is 2.27. The topological polar surface area (TPSA) is 75.4 Å². The van der Waals surface area contributed by atoms with Crippen LogP contribution in [0.2, 0.25) is 0 Å². The van der Waals surface area contributed by atoms with Gasteiger partial charge >= 0.3 is 0 Å². The van der Waals surface area contributed by atoms with Crippen LogP contribution in [-0.2, 0) is 9.59 Å². The number of piperidine rings is 1. The first kappa shape index (κ1) is 16.0. The third-order valence-corrected chi connectivity index (χ3v) is 3.57. The van der Waals surface area contributed by atoms with Crippen LogP contribution >= 0.6 is 0 Å². The number of rotatable bonds is 7. The quantitative estimate of drug-likeness (QED) is 0.674. The number of nitrogens with two attached hydrogens (primary N) is 1. The van der Waals surface area contributed by atoms with E-state index in [1.54, 1.807) is 0 Å². The molecule has 5 nitrogen and oxygen atoms in total. The van der Waals surface area contributed by atoms with Crippen molar-refractivity contribution in [2.45, 2.75) is 45.4 Å². The van der Waals surface area contributed by atoms with Crippen LogP contribution in [0.25, 0.3) is 0 Å². The van der Waals surface area contributed by atoms with E-state index in [-0.39, 0.29) is 17.7 Å². The minimum Gasteiger partial charge on any atom is -0.356 e. The second-order valence-electron chi connectivity index (χ2n) is 5.22. The number of unbranched alkanes of at least 4 members (excludes halogenated alkanes) is 1. The Kier molecular flexibility index (Phi) is 7.48. The first-order valence-corrected chi connectivity index (χ1v) is 7.44. The molecule has 1 aliphatic rings. The molecule has 0 bridgehead atoms. The van der Waals surface area contributed by atoms with Crippen LogP contribution in [0.5, 0.6) is 0 Å². The fraction of sp³-hybridized carbons (Fsp3) is 0.857. The smallest absolute Gasteiger partial charge is 0.224 e. The summed E-state index contributed by atoms with van der Waals surface area (Å²) in [7, 11) is 0. The first-order chi connectivity index (χ1) is 9.19. The number of hydrogen-bond acceptors (Lipinski definition) is 3. The molecule has 0 aromatic heterocycles. The summed E-state index contributed by atoms with van der Waals surface area (Å²) in [6, 6.07) is 0. The van der Waals surface area contributed by atoms with Crippen molar-refractivity contribution in [1.82, 2.24) is 10.2 Å². The molecule has 0 aromatic rings. The van der Waals surface area contributed by atoms with Gasteiger partial charge in [-0.2, -0.15) is 0 Å². The molecule has 1 unspecified atom stereocenters. The van der Waals surface area contributed by atoms with Gasteiger partial charge in [-0.3, -0.25) is 9.59 Å². The van der Waals surface area contributed by atoms with Crippen molar-refractivity contribution < 1.29 is 9.59 Å². The van der Waals surface area contributed by atoms with E-state index in [9.17, 15) is 9.59 Å². The van der Waals surface area contributed by atoms with Crippen molar-refractivity contribution in [3.63, 3.8) is 0 Å². The molecule has 110 valence electrons. The monoisotopic (exact) mass is 269 g/mol. The minimum absolute atomic E-state index is 0.0348. The lowest BCUT2D eigenvalue weighted by Crippen LogP contribution is -2.45. The van der Waals surface area contributed by atoms with Gasteiger partial charge in [-0.05, 0) is 32.2 Å². The van der Waals surface area contributed by atoms with Crippen molar-refractivity contribution in [2.24, 2.45) is 11.7 Å². The lowest BCUT2D eigenvalue weighted by molar-refractivity contribution is -0.135. The molecule has 1 saturated heterocycles. The van der Waals surface area contributed by atoms with Crippen LogP contribution in [0.15, 0.2) is 0 Å². The van der Waals surface area contributed by atoms with Gasteiger partial charge in [0.25, 0.3) is 0 Å². The molecule has 0 spiro atoms. The van der Waals surface area contributed by atoms with Crippen molar-refractivity contribution in [1.29, 1.82) is 0 Å². The van der Waals surface area contributed by atoms with E-state index in [1.165, 1.54) is 0 Å². The zero-order valence-corrected chi connectivity index (χ0v) is 12.0. The van der Waals surface area contributed by atoms with Gasteiger partial charge in [0.05, 0.1) is 5.92 Å². The molecular weight excluding hydrogens is 242 g/mol. The Bertz CT molecular complexity index is 294. The van der Waals surface area contributed by atoms with E-state index in [1.807, 2.05) is 4.90 Å². The van der Waals surface area contributed by atoms with Gasteiger partial charge in [-0.25, -0.2) is 0 Å². The summed E-state index contributed by atoms with van der Waals surface area (Å²) < 4.78 is 0. The number of carbonyl (C=O) groups excluding carboxylic acids is 2. The van der Waals surface area contributed by atoms with E-state index >= 15 is 0 Å². The Balaban J connectivity index is 2.36. The Morgan fingerprint density at radius 2 is 2.16 bits per heavy atom. The molecule has 0 aromatic carbocycles. The summed E-state index contributed by atoms with van der Waals surface area (Å²) in [6.45, 7) is 4.74. The molecule has 1 heterocycles. The summed E-state index contributed by atoms with van der Waals surface area (Å²) in [5, 5.41) is 2.96. The third kappa shape index (κ3) is 5.59. The van der Waals surface area contributed by atoms with Crippen LogP contribution in [0.4, 0.5) is 0 Å². The number of nitrogens with one attached hydrogen (secondary N) is 1. The van der Waals surface area contributed by atoms with E-state index < -0.39 is 0 Å². The molecule has 1 fully saturated rings. The SMILES string of the molecule is CCCCNC(=O)C1CCCN(C(=O)CCCN)C1. The number of hydrogen-bond donors (Lipinski definition) is 2. The summed E-state index contributed by atoms with van der Waals surface area (Å²) in [4.78, 5) is 25.7. The van der Waals surface area contributed by atoms with E-state index in [0.717, 1.165) is 45.2 Å². The maximum Gasteiger partial charge on any atom is 0.224 e. The van der Waals surface area contributed by atoms with Crippen molar-refractivity contribution in [3.05, 3.63) is 0 Å². The van der Waals surface area contributed by atoms with Gasteiger partial charge in [-0.1, -0.05) is 13.3 Å². The molecule has 0 aliphatic carbocycles. The highest BCUT2D eigenvalue weighted by molar-refractivity contribution is 5.81. The van der Waals surface area contributed by atoms with Gasteiger partial charge in [-0.15, -0.1) is 0 Å². The van der Waals surface area contributed by atoms with Gasteiger partial charge in [0.2, 0.25) is 11.8 Å². The lowest BCUT2D eigenvalue weighted by atomic mass is 9.96. The summed E-state index contributed by atoms with van der Waals surface area (Å²) in [5.41, 5.74) is 5.42. The fourth-order valence-corrected chi connectivity index (χ4v) is 2.36. The largest absolute Gasteiger partial charge is 0.356 e. The highest BCUT2D eigenvalue weighted by atomic mass is 16.2. The van der Waals surface area contributed by atoms with E-state index in [4.69, 9.17) is 5.73 Å². The molecule has 1 aliphatic heterocycles. The highest BCUT2D eigenvalue weighted by Crippen LogP contribution is 2.17. The molecule has 1 rings (SSSR count). The van der Waals surface area contributed by atoms with Gasteiger partial charge in [0.1, 0.15) is 0 Å². The molecule has 1 atom stereocenters. The predicted octanol–water partition coefficient (Wildman–Crippen LogP) is 0.880. The van der Waals surface area contributed by atoms with E-state index in [0.29, 0.717) is 19.5 Å². The summed E-state index contributed by atoms with van der Waals surface area (Å²) >= 11 is 0. The third-order valence-electron chi connectivity index (χ3n) is 3.57. The van der Waals surface area contributed by atoms with Crippen LogP contribution in [0.3, 0.4) is 0 Å². The van der Waals surface area contributed by atoms with Gasteiger partial charge in [0.15, 0.2) is 0 Å². The zero-order chi connectivity index (χ0) is 14.1. The average Bonchev–Trinajstić information content (AvgIpc) is 2.45. The maximum atomic E-state index is 12.0. The van der Waals surface area contributed by atoms with E-state index in [2.05, 4.69) is 12.2 Å². The maximum absolute atomic E-state index is 12.0. The van der Waals surface area contributed by atoms with Crippen LogP contribution < -0.4 is 11.1 Å².